The van der Waals surface area contributed by atoms with Crippen molar-refractivity contribution in [1.82, 2.24) is 0 Å². The Morgan fingerprint density at radius 3 is 2.38 bits per heavy atom. The fourth-order valence-electron chi connectivity index (χ4n) is 0.755. The molecule has 0 aliphatic carbocycles. The monoisotopic (exact) mass is 116 g/mol. The second-order valence-corrected chi connectivity index (χ2v) is 3.02. The number of hydrogen-bond acceptors (Lipinski definition) is 2. The van der Waals surface area contributed by atoms with Crippen molar-refractivity contribution in [3.63, 3.8) is 0 Å². The van der Waals surface area contributed by atoms with E-state index < -0.39 is 0 Å². The minimum Gasteiger partial charge on any atom is -0.390 e. The van der Waals surface area contributed by atoms with E-state index in [-0.39, 0.29) is 11.5 Å². The van der Waals surface area contributed by atoms with Gasteiger partial charge in [0.25, 0.3) is 0 Å². The first-order chi connectivity index (χ1) is 3.63. The zero-order chi connectivity index (χ0) is 6.20. The van der Waals surface area contributed by atoms with Gasteiger partial charge in [0.15, 0.2) is 0 Å². The maximum Gasteiger partial charge on any atom is 0.0846 e. The zero-order valence-corrected chi connectivity index (χ0v) is 5.35. The van der Waals surface area contributed by atoms with Crippen LogP contribution in [0.25, 0.3) is 0 Å². The Labute approximate surface area is 49.5 Å². The Bertz CT molecular complexity index is 88.5. The summed E-state index contributed by atoms with van der Waals surface area (Å²) in [6.07, 6.45) is -0.262. The molecule has 1 aliphatic rings. The highest BCUT2D eigenvalue weighted by molar-refractivity contribution is 4.81. The molecular formula is C6H12O2. The molecule has 2 heteroatoms. The molecule has 0 aromatic heterocycles. The van der Waals surface area contributed by atoms with Crippen molar-refractivity contribution in [2.75, 3.05) is 13.2 Å². The lowest BCUT2D eigenvalue weighted by molar-refractivity contribution is 0.0925. The summed E-state index contributed by atoms with van der Waals surface area (Å²) >= 11 is 0. The van der Waals surface area contributed by atoms with Crippen molar-refractivity contribution in [3.05, 3.63) is 0 Å². The summed E-state index contributed by atoms with van der Waals surface area (Å²) in [4.78, 5) is 0. The van der Waals surface area contributed by atoms with Crippen molar-refractivity contribution in [2.24, 2.45) is 5.41 Å². The van der Waals surface area contributed by atoms with Crippen molar-refractivity contribution >= 4 is 0 Å². The topological polar surface area (TPSA) is 29.5 Å². The van der Waals surface area contributed by atoms with Crippen LogP contribution in [0.15, 0.2) is 0 Å². The Morgan fingerprint density at radius 2 is 2.25 bits per heavy atom. The molecule has 8 heavy (non-hydrogen) atoms. The quantitative estimate of drug-likeness (QED) is 0.496. The molecule has 0 aromatic rings. The van der Waals surface area contributed by atoms with Gasteiger partial charge in [0.1, 0.15) is 0 Å². The van der Waals surface area contributed by atoms with Gasteiger partial charge in [-0.2, -0.15) is 0 Å². The van der Waals surface area contributed by atoms with Crippen molar-refractivity contribution in [1.29, 1.82) is 0 Å². The first kappa shape index (κ1) is 6.05. The second-order valence-electron chi connectivity index (χ2n) is 3.02. The summed E-state index contributed by atoms with van der Waals surface area (Å²) in [5.41, 5.74) is -0.0139. The van der Waals surface area contributed by atoms with E-state index in [4.69, 9.17) is 9.84 Å². The van der Waals surface area contributed by atoms with Gasteiger partial charge in [-0.1, -0.05) is 13.8 Å². The number of ether oxygens (including phenoxy) is 1. The first-order valence-corrected chi connectivity index (χ1v) is 2.89. The van der Waals surface area contributed by atoms with Crippen LogP contribution in [0, 0.1) is 5.41 Å². The zero-order valence-electron chi connectivity index (χ0n) is 5.35. The summed E-state index contributed by atoms with van der Waals surface area (Å²) in [5, 5.41) is 9.13. The van der Waals surface area contributed by atoms with Gasteiger partial charge in [0.2, 0.25) is 0 Å². The number of rotatable bonds is 0. The Hall–Kier alpha value is -0.0800. The molecule has 1 rings (SSSR count). The van der Waals surface area contributed by atoms with E-state index >= 15 is 0 Å². The van der Waals surface area contributed by atoms with E-state index in [1.54, 1.807) is 0 Å². The number of aliphatic hydroxyl groups is 1. The lowest BCUT2D eigenvalue weighted by atomic mass is 9.90. The van der Waals surface area contributed by atoms with Crippen LogP contribution in [0.5, 0.6) is 0 Å². The van der Waals surface area contributed by atoms with Crippen LogP contribution < -0.4 is 0 Å². The van der Waals surface area contributed by atoms with Gasteiger partial charge in [0.05, 0.1) is 19.3 Å². The normalized spacial score (nSPS) is 35.6. The summed E-state index contributed by atoms with van der Waals surface area (Å²) in [7, 11) is 0. The molecule has 1 fully saturated rings. The Balaban J connectivity index is 2.54. The highest BCUT2D eigenvalue weighted by atomic mass is 16.5. The molecule has 0 aromatic carbocycles. The summed E-state index contributed by atoms with van der Waals surface area (Å²) in [5.74, 6) is 0. The molecule has 0 radical (unpaired) electrons. The van der Waals surface area contributed by atoms with E-state index in [2.05, 4.69) is 0 Å². The second kappa shape index (κ2) is 1.71. The van der Waals surface area contributed by atoms with Gasteiger partial charge >= 0.3 is 0 Å². The minimum absolute atomic E-state index is 0.0139. The molecule has 1 heterocycles. The third-order valence-corrected chi connectivity index (χ3v) is 1.65. The van der Waals surface area contributed by atoms with Gasteiger partial charge in [-0.15, -0.1) is 0 Å². The molecule has 48 valence electrons. The standard InChI is InChI=1S/C6H12O2/c1-6(2)4-8-3-5(6)7/h5,7H,3-4H2,1-2H3/t5-/m0/s1. The fraction of sp³-hybridized carbons (Fsp3) is 1.00. The van der Waals surface area contributed by atoms with Crippen LogP contribution in [0.1, 0.15) is 13.8 Å². The van der Waals surface area contributed by atoms with E-state index in [9.17, 15) is 0 Å². The predicted octanol–water partition coefficient (Wildman–Crippen LogP) is 0.404. The van der Waals surface area contributed by atoms with Crippen LogP contribution in [0.3, 0.4) is 0 Å². The molecule has 0 amide bonds. The van der Waals surface area contributed by atoms with E-state index in [0.717, 1.165) is 0 Å². The summed E-state index contributed by atoms with van der Waals surface area (Å²) < 4.78 is 5.02. The maximum atomic E-state index is 9.13. The molecule has 0 saturated carbocycles. The lowest BCUT2D eigenvalue weighted by Crippen LogP contribution is -2.26. The van der Waals surface area contributed by atoms with Crippen LogP contribution in [0.4, 0.5) is 0 Å². The van der Waals surface area contributed by atoms with Crippen molar-refractivity contribution in [3.8, 4) is 0 Å². The average molecular weight is 116 g/mol. The van der Waals surface area contributed by atoms with Crippen molar-refractivity contribution in [2.45, 2.75) is 20.0 Å². The molecule has 0 bridgehead atoms. The molecule has 1 atom stereocenters. The van der Waals surface area contributed by atoms with E-state index in [1.807, 2.05) is 13.8 Å². The van der Waals surface area contributed by atoms with E-state index in [0.29, 0.717) is 13.2 Å². The fourth-order valence-corrected chi connectivity index (χ4v) is 0.755. The van der Waals surface area contributed by atoms with Crippen LogP contribution in [0.2, 0.25) is 0 Å². The molecular weight excluding hydrogens is 104 g/mol. The van der Waals surface area contributed by atoms with Gasteiger partial charge in [-0.05, 0) is 0 Å². The number of aliphatic hydroxyl groups excluding tert-OH is 1. The number of hydrogen-bond donors (Lipinski definition) is 1. The lowest BCUT2D eigenvalue weighted by Gasteiger charge is -2.18. The largest absolute Gasteiger partial charge is 0.390 e. The Morgan fingerprint density at radius 1 is 1.62 bits per heavy atom. The van der Waals surface area contributed by atoms with Crippen molar-refractivity contribution < 1.29 is 9.84 Å². The molecule has 1 aliphatic heterocycles. The molecule has 0 unspecified atom stereocenters. The van der Waals surface area contributed by atoms with Gasteiger partial charge in [0, 0.05) is 5.41 Å². The van der Waals surface area contributed by atoms with Crippen LogP contribution >= 0.6 is 0 Å². The summed E-state index contributed by atoms with van der Waals surface area (Å²) in [6.45, 7) is 5.20. The molecule has 0 spiro atoms. The van der Waals surface area contributed by atoms with Gasteiger partial charge in [-0.3, -0.25) is 0 Å². The predicted molar refractivity (Wildman–Crippen MR) is 30.6 cm³/mol. The maximum absolute atomic E-state index is 9.13. The van der Waals surface area contributed by atoms with Gasteiger partial charge in [-0.25, -0.2) is 0 Å². The van der Waals surface area contributed by atoms with Gasteiger partial charge < -0.3 is 9.84 Å². The van der Waals surface area contributed by atoms with Crippen LogP contribution in [-0.4, -0.2) is 24.4 Å². The SMILES string of the molecule is CC1(C)COC[C@@H]1O. The van der Waals surface area contributed by atoms with Crippen LogP contribution in [-0.2, 0) is 4.74 Å². The first-order valence-electron chi connectivity index (χ1n) is 2.89. The molecule has 1 N–H and O–H groups in total. The van der Waals surface area contributed by atoms with E-state index in [1.165, 1.54) is 0 Å². The highest BCUT2D eigenvalue weighted by Gasteiger charge is 2.33. The Kier molecular flexibility index (Phi) is 1.29. The third-order valence-electron chi connectivity index (χ3n) is 1.65. The smallest absolute Gasteiger partial charge is 0.0846 e. The minimum atomic E-state index is -0.262. The summed E-state index contributed by atoms with van der Waals surface area (Å²) in [6, 6.07) is 0. The highest BCUT2D eigenvalue weighted by Crippen LogP contribution is 2.26. The molecule has 1 saturated heterocycles. The molecule has 2 nitrogen and oxygen atoms in total. The average Bonchev–Trinajstić information content (AvgIpc) is 1.86. The third kappa shape index (κ3) is 0.858.